The van der Waals surface area contributed by atoms with E-state index >= 15 is 0 Å². The van der Waals surface area contributed by atoms with Crippen molar-refractivity contribution in [3.05, 3.63) is 48.6 Å². The van der Waals surface area contributed by atoms with Crippen molar-refractivity contribution in [2.24, 2.45) is 0 Å². The largest absolute Gasteiger partial charge is 0.462 e. The molecule has 0 saturated carbocycles. The van der Waals surface area contributed by atoms with Crippen LogP contribution in [0.25, 0.3) is 0 Å². The molecule has 0 N–H and O–H groups in total. The average molecular weight is 799 g/mol. The Morgan fingerprint density at radius 1 is 0.351 bits per heavy atom. The summed E-state index contributed by atoms with van der Waals surface area (Å²) in [5, 5.41) is 0. The van der Waals surface area contributed by atoms with Gasteiger partial charge in [-0.05, 0) is 83.5 Å². The Kier molecular flexibility index (Phi) is 43.9. The molecule has 330 valence electrons. The zero-order valence-corrected chi connectivity index (χ0v) is 37.6. The Balaban J connectivity index is 4.44. The fourth-order valence-corrected chi connectivity index (χ4v) is 6.59. The third-order valence-corrected chi connectivity index (χ3v) is 10.3. The molecule has 0 fully saturated rings. The van der Waals surface area contributed by atoms with Gasteiger partial charge in [-0.1, -0.05) is 185 Å². The highest BCUT2D eigenvalue weighted by Gasteiger charge is 2.19. The summed E-state index contributed by atoms with van der Waals surface area (Å²) in [7, 11) is 0. The lowest BCUT2D eigenvalue weighted by atomic mass is 10.1. The van der Waals surface area contributed by atoms with E-state index in [2.05, 4.69) is 63.3 Å². The molecule has 0 radical (unpaired) electrons. The number of allylic oxidation sites excluding steroid dienone is 8. The van der Waals surface area contributed by atoms with E-state index in [-0.39, 0.29) is 37.5 Å². The summed E-state index contributed by atoms with van der Waals surface area (Å²) < 4.78 is 16.7. The monoisotopic (exact) mass is 799 g/mol. The van der Waals surface area contributed by atoms with Gasteiger partial charge < -0.3 is 14.2 Å². The topological polar surface area (TPSA) is 78.9 Å². The van der Waals surface area contributed by atoms with Crippen LogP contribution in [0.3, 0.4) is 0 Å². The SMILES string of the molecule is CCCC/C=C\CCCCCCCC(=O)OCC(COC(=O)CCCCCCCCC/C=C\CCCCCC)OC(=O)CC/C=C\C/C=C\CCCCCCCC. The maximum Gasteiger partial charge on any atom is 0.306 e. The van der Waals surface area contributed by atoms with Crippen molar-refractivity contribution in [2.45, 2.75) is 245 Å². The molecule has 0 aliphatic carbocycles. The lowest BCUT2D eigenvalue weighted by Crippen LogP contribution is -2.30. The number of ether oxygens (including phenoxy) is 3. The molecule has 0 saturated heterocycles. The zero-order chi connectivity index (χ0) is 41.5. The summed E-state index contributed by atoms with van der Waals surface area (Å²) in [6, 6.07) is 0. The van der Waals surface area contributed by atoms with E-state index in [4.69, 9.17) is 14.2 Å². The molecule has 0 aromatic heterocycles. The van der Waals surface area contributed by atoms with Crippen LogP contribution in [0.15, 0.2) is 48.6 Å². The highest BCUT2D eigenvalue weighted by molar-refractivity contribution is 5.71. The number of esters is 3. The van der Waals surface area contributed by atoms with Crippen molar-refractivity contribution in [3.8, 4) is 0 Å². The predicted octanol–water partition coefficient (Wildman–Crippen LogP) is 15.5. The molecule has 57 heavy (non-hydrogen) atoms. The summed E-state index contributed by atoms with van der Waals surface area (Å²) in [4.78, 5) is 37.8. The van der Waals surface area contributed by atoms with Gasteiger partial charge in [-0.2, -0.15) is 0 Å². The molecule has 0 aliphatic heterocycles. The van der Waals surface area contributed by atoms with Crippen molar-refractivity contribution < 1.29 is 28.6 Å². The quantitative estimate of drug-likeness (QED) is 0.0265. The first kappa shape index (κ1) is 54.4. The van der Waals surface area contributed by atoms with E-state index < -0.39 is 6.10 Å². The smallest absolute Gasteiger partial charge is 0.306 e. The fourth-order valence-electron chi connectivity index (χ4n) is 6.59. The molecular weight excluding hydrogens is 709 g/mol. The van der Waals surface area contributed by atoms with E-state index in [0.717, 1.165) is 57.8 Å². The van der Waals surface area contributed by atoms with Gasteiger partial charge in [0.15, 0.2) is 6.10 Å². The Morgan fingerprint density at radius 3 is 1.12 bits per heavy atom. The molecule has 1 unspecified atom stereocenters. The summed E-state index contributed by atoms with van der Waals surface area (Å²) in [6.45, 7) is 6.51. The van der Waals surface area contributed by atoms with Crippen LogP contribution in [0, 0.1) is 0 Å². The Hall–Kier alpha value is -2.63. The van der Waals surface area contributed by atoms with Gasteiger partial charge in [0.25, 0.3) is 0 Å². The second-order valence-electron chi connectivity index (χ2n) is 16.0. The van der Waals surface area contributed by atoms with Crippen LogP contribution >= 0.6 is 0 Å². The van der Waals surface area contributed by atoms with Crippen LogP contribution in [0.2, 0.25) is 0 Å². The first-order valence-corrected chi connectivity index (χ1v) is 24.1. The molecule has 0 heterocycles. The molecule has 0 amide bonds. The Labute approximate surface area is 352 Å². The first-order valence-electron chi connectivity index (χ1n) is 24.1. The molecule has 6 nitrogen and oxygen atoms in total. The van der Waals surface area contributed by atoms with Crippen LogP contribution in [-0.2, 0) is 28.6 Å². The minimum absolute atomic E-state index is 0.100. The van der Waals surface area contributed by atoms with Crippen molar-refractivity contribution in [2.75, 3.05) is 13.2 Å². The maximum atomic E-state index is 12.7. The van der Waals surface area contributed by atoms with Gasteiger partial charge in [0, 0.05) is 19.3 Å². The number of carbonyl (C=O) groups excluding carboxylic acids is 3. The molecule has 0 spiro atoms. The van der Waals surface area contributed by atoms with E-state index in [9.17, 15) is 14.4 Å². The normalized spacial score (nSPS) is 12.4. The number of hydrogen-bond donors (Lipinski definition) is 0. The zero-order valence-electron chi connectivity index (χ0n) is 37.6. The van der Waals surface area contributed by atoms with Gasteiger partial charge in [0.05, 0.1) is 0 Å². The molecule has 1 atom stereocenters. The van der Waals surface area contributed by atoms with Gasteiger partial charge in [0.2, 0.25) is 0 Å². The van der Waals surface area contributed by atoms with Crippen molar-refractivity contribution in [1.82, 2.24) is 0 Å². The van der Waals surface area contributed by atoms with Crippen molar-refractivity contribution >= 4 is 17.9 Å². The summed E-state index contributed by atoms with van der Waals surface area (Å²) in [5.74, 6) is -0.982. The third-order valence-electron chi connectivity index (χ3n) is 10.3. The summed E-state index contributed by atoms with van der Waals surface area (Å²) >= 11 is 0. The molecule has 6 heteroatoms. The Bertz CT molecular complexity index is 1010. The number of unbranched alkanes of at least 4 members (excludes halogenated alkanes) is 24. The molecule has 0 aliphatic rings. The van der Waals surface area contributed by atoms with E-state index in [0.29, 0.717) is 19.3 Å². The van der Waals surface area contributed by atoms with Crippen LogP contribution in [0.4, 0.5) is 0 Å². The van der Waals surface area contributed by atoms with Gasteiger partial charge in [0.1, 0.15) is 13.2 Å². The summed E-state index contributed by atoms with van der Waals surface area (Å²) in [5.41, 5.74) is 0. The lowest BCUT2D eigenvalue weighted by molar-refractivity contribution is -0.166. The van der Waals surface area contributed by atoms with Crippen LogP contribution in [0.1, 0.15) is 239 Å². The number of carbonyl (C=O) groups is 3. The third kappa shape index (κ3) is 44.3. The number of hydrogen-bond acceptors (Lipinski definition) is 6. The average Bonchev–Trinajstić information content (AvgIpc) is 3.21. The van der Waals surface area contributed by atoms with Crippen molar-refractivity contribution in [1.29, 1.82) is 0 Å². The van der Waals surface area contributed by atoms with Crippen LogP contribution < -0.4 is 0 Å². The Morgan fingerprint density at radius 2 is 0.684 bits per heavy atom. The standard InChI is InChI=1S/C51H90O6/c1-4-7-10-13-16-19-22-24-25-27-29-32-35-38-41-44-50(53)56-47-48(46-55-49(52)43-40-37-34-31-28-21-18-15-12-9-6-3)57-51(54)45-42-39-36-33-30-26-23-20-17-14-11-8-5-2/h15,18-19,22,26,30,36,39,48H,4-14,16-17,20-21,23-25,27-29,31-35,37-38,40-47H2,1-3H3/b18-15-,22-19-,30-26-,39-36-. The van der Waals surface area contributed by atoms with Gasteiger partial charge in [-0.25, -0.2) is 0 Å². The molecular formula is C51H90O6. The van der Waals surface area contributed by atoms with E-state index in [1.807, 2.05) is 6.08 Å². The minimum Gasteiger partial charge on any atom is -0.462 e. The predicted molar refractivity (Wildman–Crippen MR) is 242 cm³/mol. The number of rotatable bonds is 43. The minimum atomic E-state index is -0.805. The maximum absolute atomic E-state index is 12.7. The molecule has 0 aromatic rings. The van der Waals surface area contributed by atoms with Crippen molar-refractivity contribution in [3.63, 3.8) is 0 Å². The van der Waals surface area contributed by atoms with Gasteiger partial charge in [-0.15, -0.1) is 0 Å². The second kappa shape index (κ2) is 46.1. The molecule has 0 aromatic carbocycles. The first-order chi connectivity index (χ1) is 28.0. The molecule has 0 bridgehead atoms. The summed E-state index contributed by atoms with van der Waals surface area (Å²) in [6.07, 6.45) is 53.9. The van der Waals surface area contributed by atoms with E-state index in [1.165, 1.54) is 135 Å². The van der Waals surface area contributed by atoms with Gasteiger partial charge in [-0.3, -0.25) is 14.4 Å². The van der Waals surface area contributed by atoms with Gasteiger partial charge >= 0.3 is 17.9 Å². The van der Waals surface area contributed by atoms with Crippen LogP contribution in [-0.4, -0.2) is 37.2 Å². The highest BCUT2D eigenvalue weighted by atomic mass is 16.6. The van der Waals surface area contributed by atoms with Crippen LogP contribution in [0.5, 0.6) is 0 Å². The highest BCUT2D eigenvalue weighted by Crippen LogP contribution is 2.13. The second-order valence-corrected chi connectivity index (χ2v) is 16.0. The fraction of sp³-hybridized carbons (Fsp3) is 0.784. The molecule has 0 rings (SSSR count). The lowest BCUT2D eigenvalue weighted by Gasteiger charge is -2.18. The van der Waals surface area contributed by atoms with E-state index in [1.54, 1.807) is 0 Å².